The number of nitrogens with zero attached hydrogens (tertiary/aromatic N) is 4. The van der Waals surface area contributed by atoms with E-state index in [1.807, 2.05) is 0 Å². The van der Waals surface area contributed by atoms with E-state index >= 15 is 0 Å². The first kappa shape index (κ1) is 22.9. The molecule has 13 heteroatoms. The van der Waals surface area contributed by atoms with Crippen LogP contribution in [0.4, 0.5) is 13.2 Å². The number of hydrogen-bond acceptors (Lipinski definition) is 8. The lowest BCUT2D eigenvalue weighted by molar-refractivity contribution is -0.159. The summed E-state index contributed by atoms with van der Waals surface area (Å²) in [4.78, 5) is 35.1. The Hall–Kier alpha value is -3.32. The predicted molar refractivity (Wildman–Crippen MR) is 110 cm³/mol. The van der Waals surface area contributed by atoms with Crippen molar-refractivity contribution in [3.8, 4) is 11.4 Å². The Morgan fingerprint density at radius 1 is 1.27 bits per heavy atom. The molecular formula is C20H18F3N5O4S. The first-order valence-electron chi connectivity index (χ1n) is 9.82. The van der Waals surface area contributed by atoms with Crippen molar-refractivity contribution in [2.24, 2.45) is 0 Å². The van der Waals surface area contributed by atoms with Crippen molar-refractivity contribution in [2.75, 3.05) is 26.3 Å². The Balaban J connectivity index is 1.39. The van der Waals surface area contributed by atoms with Crippen LogP contribution < -0.4 is 5.32 Å². The van der Waals surface area contributed by atoms with Gasteiger partial charge in [-0.05, 0) is 19.1 Å². The van der Waals surface area contributed by atoms with Gasteiger partial charge in [-0.1, -0.05) is 17.3 Å². The van der Waals surface area contributed by atoms with Gasteiger partial charge in [0.15, 0.2) is 0 Å². The van der Waals surface area contributed by atoms with Crippen molar-refractivity contribution in [3.05, 3.63) is 51.8 Å². The monoisotopic (exact) mass is 481 g/mol. The number of halogens is 3. The van der Waals surface area contributed by atoms with Crippen molar-refractivity contribution in [3.63, 3.8) is 0 Å². The minimum atomic E-state index is -4.73. The van der Waals surface area contributed by atoms with Gasteiger partial charge in [0.05, 0.1) is 30.5 Å². The molecule has 1 aromatic carbocycles. The second kappa shape index (κ2) is 9.27. The van der Waals surface area contributed by atoms with Crippen LogP contribution >= 0.6 is 11.3 Å². The second-order valence-corrected chi connectivity index (χ2v) is 8.06. The van der Waals surface area contributed by atoms with Crippen LogP contribution in [0, 0.1) is 6.92 Å². The first-order valence-corrected chi connectivity index (χ1v) is 10.7. The van der Waals surface area contributed by atoms with Gasteiger partial charge < -0.3 is 19.5 Å². The van der Waals surface area contributed by atoms with Crippen molar-refractivity contribution in [1.82, 2.24) is 25.3 Å². The molecule has 1 saturated heterocycles. The number of aryl methyl sites for hydroxylation is 1. The van der Waals surface area contributed by atoms with E-state index in [0.29, 0.717) is 23.7 Å². The van der Waals surface area contributed by atoms with Crippen LogP contribution in [0.5, 0.6) is 0 Å². The average molecular weight is 481 g/mol. The van der Waals surface area contributed by atoms with Crippen LogP contribution in [-0.2, 0) is 10.9 Å². The van der Waals surface area contributed by atoms with E-state index < -0.39 is 18.0 Å². The van der Waals surface area contributed by atoms with E-state index in [1.165, 1.54) is 35.6 Å². The van der Waals surface area contributed by atoms with Crippen molar-refractivity contribution >= 4 is 23.2 Å². The van der Waals surface area contributed by atoms with Gasteiger partial charge in [-0.25, -0.2) is 4.98 Å². The van der Waals surface area contributed by atoms with Crippen LogP contribution in [0.1, 0.15) is 31.6 Å². The molecule has 9 nitrogen and oxygen atoms in total. The molecule has 1 aliphatic heterocycles. The molecule has 174 valence electrons. The molecule has 1 unspecified atom stereocenters. The fraction of sp³-hybridized carbons (Fsp3) is 0.350. The normalized spacial score (nSPS) is 16.6. The first-order chi connectivity index (χ1) is 15.7. The van der Waals surface area contributed by atoms with Gasteiger partial charge in [-0.15, -0.1) is 11.3 Å². The molecule has 1 atom stereocenters. The highest BCUT2D eigenvalue weighted by Crippen LogP contribution is 2.29. The summed E-state index contributed by atoms with van der Waals surface area (Å²) in [6.07, 6.45) is -4.73. The topological polar surface area (TPSA) is 110 Å². The molecule has 3 heterocycles. The lowest BCUT2D eigenvalue weighted by atomic mass is 10.1. The molecule has 3 aromatic rings. The van der Waals surface area contributed by atoms with Crippen molar-refractivity contribution in [1.29, 1.82) is 0 Å². The molecule has 1 aliphatic rings. The van der Waals surface area contributed by atoms with Crippen LogP contribution in [0.25, 0.3) is 11.4 Å². The summed E-state index contributed by atoms with van der Waals surface area (Å²) in [5, 5.41) is 6.09. The fourth-order valence-corrected chi connectivity index (χ4v) is 4.03. The van der Waals surface area contributed by atoms with Crippen molar-refractivity contribution in [2.45, 2.75) is 19.1 Å². The van der Waals surface area contributed by atoms with E-state index in [9.17, 15) is 22.8 Å². The molecule has 4 rings (SSSR count). The Bertz CT molecular complexity index is 1150. The number of amides is 2. The molecule has 0 aliphatic carbocycles. The highest BCUT2D eigenvalue weighted by atomic mass is 32.1. The Labute approximate surface area is 189 Å². The molecule has 1 N–H and O–H groups in total. The standard InChI is InChI=1S/C20H18F3N5O4S/c1-11-15(33-10-25-11)18(30)28-6-7-31-9-14(28)8-24-17(29)13-4-2-12(3-5-13)16-26-19(32-27-16)20(21,22)23/h2-5,10,14H,6-9H2,1H3,(H,24,29). The number of carbonyl (C=O) groups is 2. The van der Waals surface area contributed by atoms with Gasteiger partial charge in [0.2, 0.25) is 5.82 Å². The van der Waals surface area contributed by atoms with Crippen LogP contribution in [0.2, 0.25) is 0 Å². The largest absolute Gasteiger partial charge is 0.471 e. The maximum Gasteiger partial charge on any atom is 0.471 e. The molecule has 0 saturated carbocycles. The third kappa shape index (κ3) is 5.03. The van der Waals surface area contributed by atoms with Gasteiger partial charge in [-0.2, -0.15) is 18.2 Å². The average Bonchev–Trinajstić information content (AvgIpc) is 3.47. The maximum absolute atomic E-state index is 12.9. The smallest absolute Gasteiger partial charge is 0.377 e. The molecule has 0 bridgehead atoms. The highest BCUT2D eigenvalue weighted by Gasteiger charge is 2.38. The fourth-order valence-electron chi connectivity index (χ4n) is 3.27. The second-order valence-electron chi connectivity index (χ2n) is 7.20. The molecular weight excluding hydrogens is 463 g/mol. The number of morpholine rings is 1. The summed E-state index contributed by atoms with van der Waals surface area (Å²) in [7, 11) is 0. The quantitative estimate of drug-likeness (QED) is 0.597. The number of aromatic nitrogens is 3. The molecule has 0 radical (unpaired) electrons. The molecule has 1 fully saturated rings. The lowest BCUT2D eigenvalue weighted by Crippen LogP contribution is -2.53. The number of hydrogen-bond donors (Lipinski definition) is 1. The van der Waals surface area contributed by atoms with Gasteiger partial charge >= 0.3 is 12.1 Å². The van der Waals surface area contributed by atoms with Crippen LogP contribution in [0.15, 0.2) is 34.3 Å². The van der Waals surface area contributed by atoms with Gasteiger partial charge in [0.25, 0.3) is 11.8 Å². The number of ether oxygens (including phenoxy) is 1. The van der Waals surface area contributed by atoms with Gasteiger partial charge in [-0.3, -0.25) is 9.59 Å². The zero-order valence-electron chi connectivity index (χ0n) is 17.3. The highest BCUT2D eigenvalue weighted by molar-refractivity contribution is 7.11. The summed E-state index contributed by atoms with van der Waals surface area (Å²) in [5.41, 5.74) is 2.82. The molecule has 2 amide bonds. The van der Waals surface area contributed by atoms with E-state index in [1.54, 1.807) is 17.3 Å². The zero-order chi connectivity index (χ0) is 23.6. The van der Waals surface area contributed by atoms with Crippen LogP contribution in [0.3, 0.4) is 0 Å². The van der Waals surface area contributed by atoms with E-state index in [0.717, 1.165) is 0 Å². The Morgan fingerprint density at radius 2 is 2.03 bits per heavy atom. The summed E-state index contributed by atoms with van der Waals surface area (Å²) in [6, 6.07) is 5.37. The van der Waals surface area contributed by atoms with Crippen molar-refractivity contribution < 1.29 is 32.0 Å². The minimum absolute atomic E-state index is 0.153. The number of nitrogens with one attached hydrogen (secondary N) is 1. The molecule has 33 heavy (non-hydrogen) atoms. The summed E-state index contributed by atoms with van der Waals surface area (Å²) in [5.74, 6) is -2.24. The Kier molecular flexibility index (Phi) is 6.42. The predicted octanol–water partition coefficient (Wildman–Crippen LogP) is 2.79. The van der Waals surface area contributed by atoms with E-state index in [-0.39, 0.29) is 42.1 Å². The summed E-state index contributed by atoms with van der Waals surface area (Å²) in [6.45, 7) is 3.02. The number of benzene rings is 1. The SMILES string of the molecule is Cc1ncsc1C(=O)N1CCOCC1CNC(=O)c1ccc(-c2noc(C(F)(F)F)n2)cc1. The zero-order valence-corrected chi connectivity index (χ0v) is 18.1. The lowest BCUT2D eigenvalue weighted by Gasteiger charge is -2.35. The maximum atomic E-state index is 12.9. The number of rotatable bonds is 5. The third-order valence-electron chi connectivity index (χ3n) is 5.00. The molecule has 0 spiro atoms. The van der Waals surface area contributed by atoms with Gasteiger partial charge in [0, 0.05) is 24.2 Å². The van der Waals surface area contributed by atoms with E-state index in [2.05, 4.69) is 25.0 Å². The number of thiazole rings is 1. The third-order valence-corrected chi connectivity index (χ3v) is 5.92. The summed E-state index contributed by atoms with van der Waals surface area (Å²) < 4.78 is 47.5. The molecule has 2 aromatic heterocycles. The minimum Gasteiger partial charge on any atom is -0.377 e. The van der Waals surface area contributed by atoms with Gasteiger partial charge in [0.1, 0.15) is 4.88 Å². The summed E-state index contributed by atoms with van der Waals surface area (Å²) >= 11 is 1.27. The van der Waals surface area contributed by atoms with Crippen LogP contribution in [-0.4, -0.2) is 64.2 Å². The number of carbonyl (C=O) groups excluding carboxylic acids is 2. The Morgan fingerprint density at radius 3 is 2.67 bits per heavy atom. The van der Waals surface area contributed by atoms with E-state index in [4.69, 9.17) is 4.74 Å². The number of alkyl halides is 3.